The van der Waals surface area contributed by atoms with Gasteiger partial charge in [-0.15, -0.1) is 0 Å². The number of anilines is 1. The van der Waals surface area contributed by atoms with Gasteiger partial charge in [-0.05, 0) is 56.3 Å². The Morgan fingerprint density at radius 1 is 1.14 bits per heavy atom. The molecule has 2 aromatic carbocycles. The number of carbonyl (C=O) groups excluding carboxylic acids is 2. The number of amides is 2. The second-order valence-electron chi connectivity index (χ2n) is 7.72. The van der Waals surface area contributed by atoms with E-state index in [-0.39, 0.29) is 27.8 Å². The van der Waals surface area contributed by atoms with Crippen LogP contribution in [0, 0.1) is 0 Å². The molecule has 36 heavy (non-hydrogen) atoms. The number of aromatic nitrogens is 2. The minimum Gasteiger partial charge on any atom is -0.506 e. The lowest BCUT2D eigenvalue weighted by Gasteiger charge is -2.17. The smallest absolute Gasteiger partial charge is 0.285 e. The molecule has 0 bridgehead atoms. The van der Waals surface area contributed by atoms with Crippen molar-refractivity contribution in [3.63, 3.8) is 0 Å². The Labute approximate surface area is 210 Å². The highest BCUT2D eigenvalue weighted by Gasteiger charge is 2.48. The van der Waals surface area contributed by atoms with Crippen LogP contribution in [0.3, 0.4) is 0 Å². The summed E-state index contributed by atoms with van der Waals surface area (Å²) in [5.74, 6) is -2.05. The molecule has 1 aliphatic rings. The van der Waals surface area contributed by atoms with Crippen molar-refractivity contribution in [2.24, 2.45) is 15.3 Å². The maximum atomic E-state index is 13.0. The van der Waals surface area contributed by atoms with Gasteiger partial charge in [0.15, 0.2) is 5.54 Å². The predicted molar refractivity (Wildman–Crippen MR) is 130 cm³/mol. The fraction of sp³-hybridized carbons (Fsp3) is 0.136. The highest BCUT2D eigenvalue weighted by atomic mass is 35.5. The zero-order chi connectivity index (χ0) is 26.1. The monoisotopic (exact) mass is 527 g/mol. The van der Waals surface area contributed by atoms with Crippen LogP contribution in [0.15, 0.2) is 81.2 Å². The highest BCUT2D eigenvalue weighted by molar-refractivity contribution is 7.92. The Balaban J connectivity index is 1.54. The van der Waals surface area contributed by atoms with Crippen LogP contribution in [0.2, 0.25) is 5.02 Å². The molecule has 1 aromatic heterocycles. The fourth-order valence-corrected chi connectivity index (χ4v) is 4.16. The third kappa shape index (κ3) is 4.78. The maximum absolute atomic E-state index is 13.0. The maximum Gasteiger partial charge on any atom is 0.285 e. The molecule has 1 aliphatic heterocycles. The summed E-state index contributed by atoms with van der Waals surface area (Å²) >= 11 is 5.85. The van der Waals surface area contributed by atoms with Gasteiger partial charge in [-0.1, -0.05) is 11.6 Å². The van der Waals surface area contributed by atoms with E-state index >= 15 is 0 Å². The minimum absolute atomic E-state index is 0.103. The molecule has 2 heterocycles. The number of hydrogen-bond donors (Lipinski definition) is 2. The number of sulfonamides is 1. The Bertz CT molecular complexity index is 1510. The summed E-state index contributed by atoms with van der Waals surface area (Å²) in [7, 11) is -4.09. The van der Waals surface area contributed by atoms with Crippen LogP contribution in [-0.2, 0) is 14.8 Å². The average molecular weight is 528 g/mol. The molecule has 0 aliphatic carbocycles. The summed E-state index contributed by atoms with van der Waals surface area (Å²) in [6.45, 7) is 2.94. The summed E-state index contributed by atoms with van der Waals surface area (Å²) in [5, 5.41) is 23.5. The summed E-state index contributed by atoms with van der Waals surface area (Å²) in [5.41, 5.74) is -1.32. The van der Waals surface area contributed by atoms with E-state index in [1.807, 2.05) is 0 Å². The number of nitrogens with one attached hydrogen (secondary N) is 1. The first-order valence-corrected chi connectivity index (χ1v) is 12.1. The van der Waals surface area contributed by atoms with Crippen molar-refractivity contribution in [2.75, 3.05) is 4.72 Å². The molecule has 0 saturated carbocycles. The van der Waals surface area contributed by atoms with Crippen molar-refractivity contribution in [3.05, 3.63) is 71.5 Å². The first-order chi connectivity index (χ1) is 17.0. The molecule has 0 saturated heterocycles. The average Bonchev–Trinajstić information content (AvgIpc) is 3.07. The molecule has 2 amide bonds. The van der Waals surface area contributed by atoms with Gasteiger partial charge in [0.25, 0.3) is 21.8 Å². The number of halogens is 1. The third-order valence-electron chi connectivity index (χ3n) is 5.25. The van der Waals surface area contributed by atoms with Gasteiger partial charge in [-0.3, -0.25) is 9.59 Å². The van der Waals surface area contributed by atoms with Crippen LogP contribution in [0.1, 0.15) is 24.2 Å². The number of hydrogen-bond acceptors (Lipinski definition) is 10. The summed E-state index contributed by atoms with van der Waals surface area (Å²) < 4.78 is 27.3. The zero-order valence-electron chi connectivity index (χ0n) is 18.8. The first-order valence-electron chi connectivity index (χ1n) is 10.3. The van der Waals surface area contributed by atoms with Gasteiger partial charge >= 0.3 is 0 Å². The van der Waals surface area contributed by atoms with Crippen LogP contribution < -0.4 is 4.72 Å². The number of imide groups is 1. The quantitative estimate of drug-likeness (QED) is 0.365. The first kappa shape index (κ1) is 24.9. The second-order valence-corrected chi connectivity index (χ2v) is 9.83. The van der Waals surface area contributed by atoms with E-state index in [4.69, 9.17) is 11.6 Å². The molecule has 0 spiro atoms. The zero-order valence-corrected chi connectivity index (χ0v) is 20.4. The van der Waals surface area contributed by atoms with Crippen LogP contribution in [0.4, 0.5) is 11.6 Å². The number of nitrogens with zero attached hydrogens (tertiary/aromatic N) is 6. The highest BCUT2D eigenvalue weighted by Crippen LogP contribution is 2.33. The van der Waals surface area contributed by atoms with Crippen molar-refractivity contribution < 1.29 is 23.1 Å². The topological polar surface area (TPSA) is 167 Å². The predicted octanol–water partition coefficient (Wildman–Crippen LogP) is 3.54. The lowest BCUT2D eigenvalue weighted by molar-refractivity contribution is -0.129. The van der Waals surface area contributed by atoms with Crippen LogP contribution >= 0.6 is 11.6 Å². The molecule has 184 valence electrons. The third-order valence-corrected chi connectivity index (χ3v) is 6.83. The van der Waals surface area contributed by atoms with E-state index in [0.717, 1.165) is 6.07 Å². The van der Waals surface area contributed by atoms with Gasteiger partial charge in [0.2, 0.25) is 5.95 Å². The summed E-state index contributed by atoms with van der Waals surface area (Å²) in [6, 6.07) is 10.9. The molecule has 2 N–H and O–H groups in total. The van der Waals surface area contributed by atoms with Crippen molar-refractivity contribution in [1.29, 1.82) is 0 Å². The van der Waals surface area contributed by atoms with Crippen LogP contribution in [-0.4, -0.2) is 51.6 Å². The van der Waals surface area contributed by atoms with Gasteiger partial charge < -0.3 is 5.11 Å². The van der Waals surface area contributed by atoms with Crippen molar-refractivity contribution in [1.82, 2.24) is 15.0 Å². The second kappa shape index (κ2) is 9.43. The SMILES string of the molecule is CC1=NN(C(=O)c2ccc(Cl)cc2)C(=O)C1(C)N=Nc1ccc(S(=O)(=O)Nc2ncccn2)cc1O. The Morgan fingerprint density at radius 2 is 1.81 bits per heavy atom. The minimum atomic E-state index is -4.09. The van der Waals surface area contributed by atoms with E-state index in [9.17, 15) is 23.1 Å². The molecule has 0 fully saturated rings. The Morgan fingerprint density at radius 3 is 2.44 bits per heavy atom. The standard InChI is InChI=1S/C22H18ClN7O5S/c1-13-22(2,20(33)30(27-13)19(32)14-4-6-15(23)7-5-14)29-26-17-9-8-16(12-18(17)31)36(34,35)28-21-24-10-3-11-25-21/h3-12,31H,1-2H3,(H,24,25,28). The Hall–Kier alpha value is -4.23. The van der Waals surface area contributed by atoms with Crippen LogP contribution in [0.5, 0.6) is 5.75 Å². The molecule has 1 atom stereocenters. The van der Waals surface area contributed by atoms with Gasteiger partial charge in [0, 0.05) is 29.0 Å². The lowest BCUT2D eigenvalue weighted by atomic mass is 9.98. The van der Waals surface area contributed by atoms with Gasteiger partial charge in [-0.25, -0.2) is 23.1 Å². The van der Waals surface area contributed by atoms with Gasteiger partial charge in [0.1, 0.15) is 11.4 Å². The number of azo groups is 1. The molecule has 3 aromatic rings. The van der Waals surface area contributed by atoms with Crippen molar-refractivity contribution in [3.8, 4) is 5.75 Å². The molecule has 14 heteroatoms. The molecular formula is C22H18ClN7O5S. The van der Waals surface area contributed by atoms with Gasteiger partial charge in [0.05, 0.1) is 10.6 Å². The molecular weight excluding hydrogens is 510 g/mol. The van der Waals surface area contributed by atoms with Crippen molar-refractivity contribution >= 4 is 50.8 Å². The fourth-order valence-electron chi connectivity index (χ4n) is 3.06. The number of rotatable bonds is 6. The summed E-state index contributed by atoms with van der Waals surface area (Å²) in [6.07, 6.45) is 2.73. The normalized spacial score (nSPS) is 17.9. The number of benzene rings is 2. The number of carbonyl (C=O) groups is 2. The number of hydrazone groups is 1. The van der Waals surface area contributed by atoms with Crippen LogP contribution in [0.25, 0.3) is 0 Å². The van der Waals surface area contributed by atoms with E-state index in [1.165, 1.54) is 68.7 Å². The molecule has 1 unspecified atom stereocenters. The number of aromatic hydroxyl groups is 1. The van der Waals surface area contributed by atoms with Gasteiger partial charge in [-0.2, -0.15) is 20.3 Å². The molecule has 12 nitrogen and oxygen atoms in total. The van der Waals surface area contributed by atoms with E-state index < -0.39 is 33.1 Å². The molecule has 0 radical (unpaired) electrons. The van der Waals surface area contributed by atoms with Crippen molar-refractivity contribution in [2.45, 2.75) is 24.3 Å². The largest absolute Gasteiger partial charge is 0.506 e. The van der Waals surface area contributed by atoms with E-state index in [1.54, 1.807) is 0 Å². The van der Waals surface area contributed by atoms with E-state index in [2.05, 4.69) is 30.0 Å². The number of phenolic OH excluding ortho intramolecular Hbond substituents is 1. The lowest BCUT2D eigenvalue weighted by Crippen LogP contribution is -2.43. The Kier molecular flexibility index (Phi) is 6.52. The summed E-state index contributed by atoms with van der Waals surface area (Å²) in [4.78, 5) is 33.1. The number of phenols is 1. The molecule has 4 rings (SSSR count). The van der Waals surface area contributed by atoms with E-state index in [0.29, 0.717) is 10.0 Å².